The molecule has 5 heteroatoms. The fraction of sp³-hybridized carbons (Fsp3) is 0.571. The lowest BCUT2D eigenvalue weighted by Crippen LogP contribution is -2.33. The Labute approximate surface area is 72.7 Å². The van der Waals surface area contributed by atoms with Crippen molar-refractivity contribution in [1.82, 2.24) is 4.72 Å². The van der Waals surface area contributed by atoms with E-state index in [4.69, 9.17) is 0 Å². The predicted molar refractivity (Wildman–Crippen MR) is 47.0 cm³/mol. The maximum atomic E-state index is 11.0. The zero-order valence-corrected chi connectivity index (χ0v) is 8.02. The van der Waals surface area contributed by atoms with Gasteiger partial charge in [-0.2, -0.15) is 0 Å². The van der Waals surface area contributed by atoms with Crippen molar-refractivity contribution in [3.05, 3.63) is 12.7 Å². The highest BCUT2D eigenvalue weighted by Crippen LogP contribution is 2.01. The monoisotopic (exact) mass is 191 g/mol. The number of hydrogen-bond acceptors (Lipinski definition) is 3. The first kappa shape index (κ1) is 11.2. The van der Waals surface area contributed by atoms with Gasteiger partial charge in [-0.3, -0.25) is 9.52 Å². The van der Waals surface area contributed by atoms with E-state index in [0.717, 1.165) is 6.26 Å². The van der Waals surface area contributed by atoms with E-state index in [1.54, 1.807) is 13.0 Å². The smallest absolute Gasteiger partial charge is 0.236 e. The lowest BCUT2D eigenvalue weighted by atomic mass is 10.1. The molecule has 1 N–H and O–H groups in total. The van der Waals surface area contributed by atoms with Crippen molar-refractivity contribution in [3.63, 3.8) is 0 Å². The molecule has 0 aromatic carbocycles. The van der Waals surface area contributed by atoms with Gasteiger partial charge in [0.1, 0.15) is 0 Å². The van der Waals surface area contributed by atoms with Gasteiger partial charge < -0.3 is 0 Å². The van der Waals surface area contributed by atoms with Crippen LogP contribution in [0.25, 0.3) is 0 Å². The van der Waals surface area contributed by atoms with Gasteiger partial charge in [0.25, 0.3) is 0 Å². The average molecular weight is 191 g/mol. The maximum absolute atomic E-state index is 11.0. The van der Waals surface area contributed by atoms with Crippen molar-refractivity contribution in [2.45, 2.75) is 13.3 Å². The Kier molecular flexibility index (Phi) is 3.95. The van der Waals surface area contributed by atoms with Gasteiger partial charge in [-0.1, -0.05) is 13.0 Å². The average Bonchev–Trinajstić information content (AvgIpc) is 1.84. The van der Waals surface area contributed by atoms with Crippen LogP contribution >= 0.6 is 0 Å². The van der Waals surface area contributed by atoms with Crippen LogP contribution in [0.5, 0.6) is 0 Å². The third-order valence-corrected chi connectivity index (χ3v) is 1.83. The Bertz CT molecular complexity index is 268. The van der Waals surface area contributed by atoms with Gasteiger partial charge in [0.05, 0.1) is 6.26 Å². The minimum atomic E-state index is -3.42. The first-order valence-electron chi connectivity index (χ1n) is 3.49. The summed E-state index contributed by atoms with van der Waals surface area (Å²) < 4.78 is 23.1. The van der Waals surface area contributed by atoms with Gasteiger partial charge in [0.15, 0.2) is 0 Å². The molecule has 0 saturated heterocycles. The molecule has 0 saturated carbocycles. The quantitative estimate of drug-likeness (QED) is 0.649. The van der Waals surface area contributed by atoms with Crippen LogP contribution in [0.4, 0.5) is 0 Å². The van der Waals surface area contributed by atoms with Crippen molar-refractivity contribution >= 4 is 15.9 Å². The van der Waals surface area contributed by atoms with E-state index in [0.29, 0.717) is 6.42 Å². The van der Waals surface area contributed by atoms with Crippen LogP contribution in [0.1, 0.15) is 13.3 Å². The van der Waals surface area contributed by atoms with Gasteiger partial charge in [0.2, 0.25) is 15.9 Å². The summed E-state index contributed by atoms with van der Waals surface area (Å²) in [7, 11) is -3.42. The van der Waals surface area contributed by atoms with Gasteiger partial charge in [-0.25, -0.2) is 8.42 Å². The minimum Gasteiger partial charge on any atom is -0.274 e. The molecule has 0 heterocycles. The second-order valence-corrected chi connectivity index (χ2v) is 4.41. The minimum absolute atomic E-state index is 0.350. The number of carbonyl (C=O) groups excluding carboxylic acids is 1. The van der Waals surface area contributed by atoms with Crippen LogP contribution in [0.3, 0.4) is 0 Å². The Balaban J connectivity index is 4.14. The molecule has 0 bridgehead atoms. The van der Waals surface area contributed by atoms with Crippen LogP contribution in [0, 0.1) is 5.92 Å². The second kappa shape index (κ2) is 4.25. The SMILES string of the molecule is C=CCC(C)C(=O)NS(C)(=O)=O. The second-order valence-electron chi connectivity index (χ2n) is 2.66. The van der Waals surface area contributed by atoms with Crippen molar-refractivity contribution in [2.75, 3.05) is 6.26 Å². The summed E-state index contributed by atoms with van der Waals surface area (Å²) in [6, 6.07) is 0. The molecule has 4 nitrogen and oxygen atoms in total. The number of sulfonamides is 1. The molecular weight excluding hydrogens is 178 g/mol. The van der Waals surface area contributed by atoms with Crippen LogP contribution in [-0.2, 0) is 14.8 Å². The molecule has 0 aliphatic carbocycles. The van der Waals surface area contributed by atoms with Crippen molar-refractivity contribution in [2.24, 2.45) is 5.92 Å². The molecule has 0 aromatic heterocycles. The lowest BCUT2D eigenvalue weighted by molar-refractivity contribution is -0.122. The van der Waals surface area contributed by atoms with Gasteiger partial charge in [-0.15, -0.1) is 6.58 Å². The molecule has 0 aliphatic rings. The summed E-state index contributed by atoms with van der Waals surface area (Å²) >= 11 is 0. The fourth-order valence-corrected chi connectivity index (χ4v) is 1.21. The molecule has 0 aliphatic heterocycles. The topological polar surface area (TPSA) is 63.2 Å². The highest BCUT2D eigenvalue weighted by Gasteiger charge is 2.14. The molecular formula is C7H13NO3S. The van der Waals surface area contributed by atoms with Gasteiger partial charge >= 0.3 is 0 Å². The van der Waals surface area contributed by atoms with Crippen molar-refractivity contribution in [3.8, 4) is 0 Å². The Hall–Kier alpha value is -0.840. The zero-order chi connectivity index (χ0) is 9.78. The fourth-order valence-electron chi connectivity index (χ4n) is 0.640. The van der Waals surface area contributed by atoms with E-state index < -0.39 is 15.9 Å². The first-order chi connectivity index (χ1) is 5.37. The summed E-state index contributed by atoms with van der Waals surface area (Å²) in [5.41, 5.74) is 0. The molecule has 0 spiro atoms. The van der Waals surface area contributed by atoms with E-state index >= 15 is 0 Å². The number of allylic oxidation sites excluding steroid dienone is 1. The van der Waals surface area contributed by atoms with E-state index in [1.807, 2.05) is 4.72 Å². The molecule has 0 fully saturated rings. The molecule has 1 unspecified atom stereocenters. The number of amides is 1. The largest absolute Gasteiger partial charge is 0.274 e. The third-order valence-electron chi connectivity index (χ3n) is 1.25. The summed E-state index contributed by atoms with van der Waals surface area (Å²) in [5, 5.41) is 0. The number of hydrogen-bond donors (Lipinski definition) is 1. The summed E-state index contributed by atoms with van der Waals surface area (Å²) in [6.07, 6.45) is 3.00. The standard InChI is InChI=1S/C7H13NO3S/c1-4-5-6(2)7(9)8-12(3,10)11/h4,6H,1,5H2,2-3H3,(H,8,9). The number of nitrogens with one attached hydrogen (secondary N) is 1. The Morgan fingerprint density at radius 1 is 1.67 bits per heavy atom. The van der Waals surface area contributed by atoms with Crippen molar-refractivity contribution in [1.29, 1.82) is 0 Å². The molecule has 12 heavy (non-hydrogen) atoms. The van der Waals surface area contributed by atoms with E-state index in [9.17, 15) is 13.2 Å². The molecule has 1 amide bonds. The van der Waals surface area contributed by atoms with Crippen LogP contribution in [0.2, 0.25) is 0 Å². The zero-order valence-electron chi connectivity index (χ0n) is 7.20. The van der Waals surface area contributed by atoms with Crippen LogP contribution < -0.4 is 4.72 Å². The third kappa shape index (κ3) is 4.90. The molecule has 70 valence electrons. The van der Waals surface area contributed by atoms with E-state index in [2.05, 4.69) is 6.58 Å². The molecule has 0 radical (unpaired) electrons. The van der Waals surface area contributed by atoms with Crippen molar-refractivity contribution < 1.29 is 13.2 Å². The molecule has 0 rings (SSSR count). The number of rotatable bonds is 4. The Morgan fingerprint density at radius 3 is 2.50 bits per heavy atom. The normalized spacial score (nSPS) is 13.5. The molecule has 0 aromatic rings. The van der Waals surface area contributed by atoms with Gasteiger partial charge in [-0.05, 0) is 6.42 Å². The van der Waals surface area contributed by atoms with Crippen LogP contribution in [0.15, 0.2) is 12.7 Å². The maximum Gasteiger partial charge on any atom is 0.236 e. The summed E-state index contributed by atoms with van der Waals surface area (Å²) in [5.74, 6) is -0.838. The predicted octanol–water partition coefficient (Wildman–Crippen LogP) is 0.274. The summed E-state index contributed by atoms with van der Waals surface area (Å²) in [6.45, 7) is 5.09. The number of carbonyl (C=O) groups is 1. The summed E-state index contributed by atoms with van der Waals surface area (Å²) in [4.78, 5) is 11.0. The van der Waals surface area contributed by atoms with E-state index in [-0.39, 0.29) is 5.92 Å². The van der Waals surface area contributed by atoms with E-state index in [1.165, 1.54) is 0 Å². The van der Waals surface area contributed by atoms with Crippen LogP contribution in [-0.4, -0.2) is 20.6 Å². The first-order valence-corrected chi connectivity index (χ1v) is 5.38. The highest BCUT2D eigenvalue weighted by atomic mass is 32.2. The van der Waals surface area contributed by atoms with Gasteiger partial charge in [0, 0.05) is 5.92 Å². The lowest BCUT2D eigenvalue weighted by Gasteiger charge is -2.07. The Morgan fingerprint density at radius 2 is 2.17 bits per heavy atom. The highest BCUT2D eigenvalue weighted by molar-refractivity contribution is 7.89. The molecule has 1 atom stereocenters.